The molecule has 218 valence electrons. The summed E-state index contributed by atoms with van der Waals surface area (Å²) in [5.41, 5.74) is 5.59. The van der Waals surface area contributed by atoms with Crippen molar-refractivity contribution in [2.24, 2.45) is 5.73 Å². The second-order valence-electron chi connectivity index (χ2n) is 7.24. The van der Waals surface area contributed by atoms with E-state index in [1.54, 1.807) is 26.0 Å². The molecule has 38 heavy (non-hydrogen) atoms. The number of ether oxygens (including phenoxy) is 4. The molecule has 1 fully saturated rings. The van der Waals surface area contributed by atoms with Gasteiger partial charge in [-0.05, 0) is 53.2 Å². The maximum atomic E-state index is 11.2. The van der Waals surface area contributed by atoms with Crippen LogP contribution in [0.3, 0.4) is 0 Å². The molecule has 1 aromatic carbocycles. The Morgan fingerprint density at radius 1 is 0.921 bits per heavy atom. The second kappa shape index (κ2) is 25.9. The number of carbonyl (C=O) groups excluding carboxylic acids is 3. The Hall–Kier alpha value is -2.77. The molecule has 1 saturated heterocycles. The zero-order valence-corrected chi connectivity index (χ0v) is 24.7. The summed E-state index contributed by atoms with van der Waals surface area (Å²) in [6.45, 7) is 18.5. The lowest BCUT2D eigenvalue weighted by molar-refractivity contribution is -0.139. The maximum Gasteiger partial charge on any atom is 0.484 e. The molecule has 12 heteroatoms. The van der Waals surface area contributed by atoms with E-state index >= 15 is 0 Å². The van der Waals surface area contributed by atoms with Crippen LogP contribution in [0.15, 0.2) is 42.5 Å². The van der Waals surface area contributed by atoms with Gasteiger partial charge in [0.15, 0.2) is 0 Å². The molecule has 11 nitrogen and oxygen atoms in total. The topological polar surface area (TPSA) is 145 Å². The molecule has 0 aliphatic carbocycles. The Morgan fingerprint density at radius 3 is 1.79 bits per heavy atom. The zero-order chi connectivity index (χ0) is 29.2. The van der Waals surface area contributed by atoms with E-state index in [2.05, 4.69) is 17.0 Å². The minimum atomic E-state index is -1.73. The van der Waals surface area contributed by atoms with Gasteiger partial charge in [-0.25, -0.2) is 14.4 Å². The van der Waals surface area contributed by atoms with Crippen molar-refractivity contribution in [3.8, 4) is 0 Å². The fraction of sp³-hybridized carbons (Fsp3) is 0.577. The average Bonchev–Trinajstić information content (AvgIpc) is 3.72. The highest BCUT2D eigenvalue weighted by molar-refractivity contribution is 6.36. The normalized spacial score (nSPS) is 12.8. The van der Waals surface area contributed by atoms with Crippen LogP contribution in [-0.4, -0.2) is 79.9 Å². The van der Waals surface area contributed by atoms with Gasteiger partial charge in [-0.1, -0.05) is 31.7 Å². The summed E-state index contributed by atoms with van der Waals surface area (Å²) in [4.78, 5) is 31.5. The largest absolute Gasteiger partial charge is 0.484 e. The smallest absolute Gasteiger partial charge is 0.462 e. The van der Waals surface area contributed by atoms with E-state index in [1.165, 1.54) is 0 Å². The molecule has 1 amide bonds. The highest BCUT2D eigenvalue weighted by atomic mass is 28.3. The number of amides is 1. The van der Waals surface area contributed by atoms with Crippen LogP contribution in [0.1, 0.15) is 58.3 Å². The van der Waals surface area contributed by atoms with Crippen LogP contribution in [0.2, 0.25) is 0 Å². The van der Waals surface area contributed by atoms with E-state index in [-0.39, 0.29) is 18.0 Å². The zero-order valence-electron chi connectivity index (χ0n) is 23.6. The van der Waals surface area contributed by atoms with Gasteiger partial charge in [0.25, 0.3) is 0 Å². The number of esters is 2. The molecule has 0 aromatic heterocycles. The Kier molecular flexibility index (Phi) is 25.4. The predicted molar refractivity (Wildman–Crippen MR) is 146 cm³/mol. The molecule has 1 atom stereocenters. The SMILES string of the molecule is C=C(C)C(=O)OCC1CO1.CCCOC(=O)c1ccccc1.CCOC(N)=O.CCO[SiH](OCC)OCC. The van der Waals surface area contributed by atoms with E-state index in [9.17, 15) is 14.4 Å². The third-order valence-corrected chi connectivity index (χ3v) is 5.61. The molecule has 0 saturated carbocycles. The van der Waals surface area contributed by atoms with Crippen molar-refractivity contribution in [1.82, 2.24) is 0 Å². The molecule has 0 spiro atoms. The van der Waals surface area contributed by atoms with E-state index in [0.717, 1.165) is 6.42 Å². The van der Waals surface area contributed by atoms with Gasteiger partial charge in [-0.2, -0.15) is 0 Å². The molecule has 2 N–H and O–H groups in total. The molecule has 1 aromatic rings. The van der Waals surface area contributed by atoms with Crippen molar-refractivity contribution in [3.05, 3.63) is 48.0 Å². The molecule has 0 radical (unpaired) electrons. The number of epoxide rings is 1. The Balaban J connectivity index is 0. The van der Waals surface area contributed by atoms with Crippen molar-refractivity contribution in [3.63, 3.8) is 0 Å². The summed E-state index contributed by atoms with van der Waals surface area (Å²) < 4.78 is 34.4. The Morgan fingerprint density at radius 2 is 1.45 bits per heavy atom. The first-order valence-corrected chi connectivity index (χ1v) is 14.0. The van der Waals surface area contributed by atoms with Gasteiger partial charge in [0.2, 0.25) is 0 Å². The van der Waals surface area contributed by atoms with Crippen LogP contribution in [0, 0.1) is 0 Å². The Labute approximate surface area is 228 Å². The van der Waals surface area contributed by atoms with Gasteiger partial charge in [-0.3, -0.25) is 0 Å². The van der Waals surface area contributed by atoms with Crippen LogP contribution in [-0.2, 0) is 37.0 Å². The lowest BCUT2D eigenvalue weighted by Gasteiger charge is -2.12. The molecule has 1 aliphatic heterocycles. The number of hydrogen-bond donors (Lipinski definition) is 1. The first kappa shape index (κ1) is 37.4. The van der Waals surface area contributed by atoms with E-state index in [1.807, 2.05) is 45.9 Å². The molecule has 2 rings (SSSR count). The highest BCUT2D eigenvalue weighted by Gasteiger charge is 2.24. The number of nitrogens with two attached hydrogens (primary N) is 1. The van der Waals surface area contributed by atoms with Gasteiger partial charge in [0.05, 0.1) is 25.4 Å². The van der Waals surface area contributed by atoms with E-state index < -0.39 is 15.6 Å². The number of primary amides is 1. The number of carbonyl (C=O) groups is 3. The second-order valence-corrected chi connectivity index (χ2v) is 8.82. The van der Waals surface area contributed by atoms with Gasteiger partial charge in [-0.15, -0.1) is 0 Å². The van der Waals surface area contributed by atoms with Crippen LogP contribution < -0.4 is 5.73 Å². The maximum absolute atomic E-state index is 11.2. The molecule has 1 unspecified atom stereocenters. The first-order chi connectivity index (χ1) is 18.2. The fourth-order valence-electron chi connectivity index (χ4n) is 2.00. The van der Waals surface area contributed by atoms with Crippen molar-refractivity contribution < 1.29 is 46.6 Å². The van der Waals surface area contributed by atoms with E-state index in [4.69, 9.17) is 27.5 Å². The molecule has 1 heterocycles. The lowest BCUT2D eigenvalue weighted by Crippen LogP contribution is -2.27. The summed E-state index contributed by atoms with van der Waals surface area (Å²) in [7, 11) is -1.73. The molecule has 1 aliphatic rings. The predicted octanol–water partition coefficient (Wildman–Crippen LogP) is 3.67. The first-order valence-electron chi connectivity index (χ1n) is 12.6. The monoisotopic (exact) mass is 559 g/mol. The molecular formula is C26H45NO10Si. The molecular weight excluding hydrogens is 514 g/mol. The summed E-state index contributed by atoms with van der Waals surface area (Å²) in [5.74, 6) is -0.576. The van der Waals surface area contributed by atoms with Gasteiger partial charge in [0.1, 0.15) is 12.7 Å². The number of rotatable bonds is 13. The van der Waals surface area contributed by atoms with Crippen molar-refractivity contribution in [2.75, 3.05) is 46.2 Å². The lowest BCUT2D eigenvalue weighted by atomic mass is 10.2. The summed E-state index contributed by atoms with van der Waals surface area (Å²) in [6, 6.07) is 9.01. The number of benzene rings is 1. The standard InChI is InChI=1S/C10H12O2.C7H10O3.C6H16O3Si.C3H7NO2/c1-2-8-12-10(11)9-6-4-3-5-7-9;1-5(2)7(8)10-4-6-3-9-6;1-4-7-10(8-5-2)9-6-3;1-2-6-3(4)5/h3-7H,2,8H2,1H3;6H,1,3-4H2,2H3;10H,4-6H2,1-3H3;2H2,1H3,(H2,4,5). The average molecular weight is 560 g/mol. The van der Waals surface area contributed by atoms with Gasteiger partial charge >= 0.3 is 27.6 Å². The summed E-state index contributed by atoms with van der Waals surface area (Å²) >= 11 is 0. The number of hydrogen-bond acceptors (Lipinski definition) is 10. The highest BCUT2D eigenvalue weighted by Crippen LogP contribution is 2.09. The van der Waals surface area contributed by atoms with Gasteiger partial charge in [0, 0.05) is 25.4 Å². The minimum absolute atomic E-state index is 0.142. The third-order valence-electron chi connectivity index (χ3n) is 3.79. The quantitative estimate of drug-likeness (QED) is 0.125. The minimum Gasteiger partial charge on any atom is -0.462 e. The van der Waals surface area contributed by atoms with Crippen LogP contribution in [0.5, 0.6) is 0 Å². The van der Waals surface area contributed by atoms with Crippen molar-refractivity contribution >= 4 is 27.6 Å². The fourth-order valence-corrected chi connectivity index (χ4v) is 3.11. The summed E-state index contributed by atoms with van der Waals surface area (Å²) in [6.07, 6.45) is 0.291. The van der Waals surface area contributed by atoms with Gasteiger partial charge < -0.3 is 38.0 Å². The molecule has 0 bridgehead atoms. The third kappa shape index (κ3) is 24.9. The van der Waals surface area contributed by atoms with Crippen molar-refractivity contribution in [2.45, 2.75) is 54.1 Å². The van der Waals surface area contributed by atoms with Crippen molar-refractivity contribution in [1.29, 1.82) is 0 Å². The Bertz CT molecular complexity index is 745. The van der Waals surface area contributed by atoms with E-state index in [0.29, 0.717) is 57.4 Å². The summed E-state index contributed by atoms with van der Waals surface area (Å²) in [5, 5.41) is 0. The van der Waals surface area contributed by atoms with Crippen LogP contribution in [0.4, 0.5) is 4.79 Å². The van der Waals surface area contributed by atoms with Crippen LogP contribution >= 0.6 is 0 Å². The van der Waals surface area contributed by atoms with Crippen LogP contribution in [0.25, 0.3) is 0 Å².